The molecule has 0 spiro atoms. The van der Waals surface area contributed by atoms with Crippen LogP contribution < -0.4 is 4.74 Å². The molecule has 3 nitrogen and oxygen atoms in total. The van der Waals surface area contributed by atoms with Crippen molar-refractivity contribution in [1.82, 2.24) is 0 Å². The van der Waals surface area contributed by atoms with Gasteiger partial charge in [0.25, 0.3) is 0 Å². The molecule has 0 saturated heterocycles. The summed E-state index contributed by atoms with van der Waals surface area (Å²) in [6, 6.07) is 20.4. The van der Waals surface area contributed by atoms with E-state index in [0.29, 0.717) is 22.1 Å². The first-order valence-corrected chi connectivity index (χ1v) is 7.37. The Morgan fingerprint density at radius 2 is 1.57 bits per heavy atom. The first-order valence-electron chi connectivity index (χ1n) is 7.00. The van der Waals surface area contributed by atoms with Crippen LogP contribution in [0.5, 0.6) is 17.2 Å². The second kappa shape index (κ2) is 6.55. The normalized spacial score (nSPS) is 10.3. The van der Waals surface area contributed by atoms with Gasteiger partial charge in [-0.25, -0.2) is 0 Å². The van der Waals surface area contributed by atoms with Crippen LogP contribution in [0.2, 0.25) is 5.02 Å². The van der Waals surface area contributed by atoms with Gasteiger partial charge in [-0.1, -0.05) is 29.8 Å². The predicted octanol–water partition coefficient (Wildman–Crippen LogP) is 5.07. The lowest BCUT2D eigenvalue weighted by Gasteiger charge is -2.08. The molecule has 0 bridgehead atoms. The molecule has 0 unspecified atom stereocenters. The van der Waals surface area contributed by atoms with E-state index in [1.54, 1.807) is 36.4 Å². The molecule has 0 radical (unpaired) electrons. The van der Waals surface area contributed by atoms with Crippen molar-refractivity contribution in [3.8, 4) is 17.2 Å². The molecule has 0 aliphatic carbocycles. The van der Waals surface area contributed by atoms with Crippen LogP contribution in [0.1, 0.15) is 15.9 Å². The maximum atomic E-state index is 12.4. The van der Waals surface area contributed by atoms with Crippen LogP contribution in [0.3, 0.4) is 0 Å². The fourth-order valence-electron chi connectivity index (χ4n) is 2.15. The van der Waals surface area contributed by atoms with Gasteiger partial charge in [0, 0.05) is 16.7 Å². The van der Waals surface area contributed by atoms with Crippen LogP contribution in [0.25, 0.3) is 0 Å². The number of hydrogen-bond donors (Lipinski definition) is 1. The third kappa shape index (κ3) is 3.52. The van der Waals surface area contributed by atoms with E-state index >= 15 is 0 Å². The Hall–Kier alpha value is -2.78. The van der Waals surface area contributed by atoms with E-state index in [2.05, 4.69) is 0 Å². The molecule has 0 saturated carbocycles. The van der Waals surface area contributed by atoms with Gasteiger partial charge in [0.2, 0.25) is 0 Å². The van der Waals surface area contributed by atoms with Crippen molar-refractivity contribution in [1.29, 1.82) is 0 Å². The highest BCUT2D eigenvalue weighted by molar-refractivity contribution is 6.30. The van der Waals surface area contributed by atoms with E-state index in [0.717, 1.165) is 0 Å². The van der Waals surface area contributed by atoms with Crippen LogP contribution in [-0.2, 0) is 0 Å². The second-order valence-electron chi connectivity index (χ2n) is 4.93. The molecular weight excluding hydrogens is 312 g/mol. The number of carbonyl (C=O) groups excluding carboxylic acids is 1. The Morgan fingerprint density at radius 3 is 2.22 bits per heavy atom. The molecule has 0 aliphatic rings. The van der Waals surface area contributed by atoms with Crippen LogP contribution >= 0.6 is 11.6 Å². The number of ether oxygens (including phenoxy) is 1. The third-order valence-electron chi connectivity index (χ3n) is 3.30. The number of phenolic OH excluding ortho intramolecular Hbond substituents is 1. The summed E-state index contributed by atoms with van der Waals surface area (Å²) in [5.41, 5.74) is 0.675. The summed E-state index contributed by atoms with van der Waals surface area (Å²) in [5.74, 6) is 0.717. The van der Waals surface area contributed by atoms with E-state index in [-0.39, 0.29) is 17.1 Å². The van der Waals surface area contributed by atoms with Gasteiger partial charge in [-0.15, -0.1) is 0 Å². The van der Waals surface area contributed by atoms with Crippen LogP contribution in [0, 0.1) is 0 Å². The molecule has 0 aliphatic heterocycles. The summed E-state index contributed by atoms with van der Waals surface area (Å²) < 4.78 is 5.63. The third-order valence-corrected chi connectivity index (χ3v) is 3.55. The number of rotatable bonds is 4. The van der Waals surface area contributed by atoms with Crippen molar-refractivity contribution in [2.75, 3.05) is 0 Å². The molecule has 3 aromatic carbocycles. The number of para-hydroxylation sites is 1. The SMILES string of the molecule is O=C(c1ccc(Cl)cc1)c1ccc(Oc2ccccc2)cc1O. The maximum Gasteiger partial charge on any atom is 0.196 e. The van der Waals surface area contributed by atoms with Gasteiger partial charge in [0.15, 0.2) is 5.78 Å². The molecule has 0 atom stereocenters. The van der Waals surface area contributed by atoms with E-state index < -0.39 is 0 Å². The maximum absolute atomic E-state index is 12.4. The van der Waals surface area contributed by atoms with E-state index in [1.165, 1.54) is 6.07 Å². The van der Waals surface area contributed by atoms with Crippen LogP contribution in [0.4, 0.5) is 0 Å². The Labute approximate surface area is 138 Å². The van der Waals surface area contributed by atoms with Crippen molar-refractivity contribution < 1.29 is 14.6 Å². The van der Waals surface area contributed by atoms with Gasteiger partial charge in [-0.05, 0) is 48.5 Å². The molecule has 4 heteroatoms. The summed E-state index contributed by atoms with van der Waals surface area (Å²) in [7, 11) is 0. The van der Waals surface area contributed by atoms with Crippen molar-refractivity contribution >= 4 is 17.4 Å². The molecule has 23 heavy (non-hydrogen) atoms. The number of halogens is 1. The summed E-state index contributed by atoms with van der Waals surface area (Å²) in [6.45, 7) is 0. The number of phenols is 1. The summed E-state index contributed by atoms with van der Waals surface area (Å²) in [6.07, 6.45) is 0. The van der Waals surface area contributed by atoms with E-state index in [1.807, 2.05) is 30.3 Å². The van der Waals surface area contributed by atoms with Gasteiger partial charge in [0.1, 0.15) is 17.2 Å². The van der Waals surface area contributed by atoms with Crippen molar-refractivity contribution in [3.05, 3.63) is 88.9 Å². The summed E-state index contributed by atoms with van der Waals surface area (Å²) in [5, 5.41) is 10.7. The molecule has 3 rings (SSSR count). The van der Waals surface area contributed by atoms with Crippen molar-refractivity contribution in [2.24, 2.45) is 0 Å². The molecule has 3 aromatic rings. The van der Waals surface area contributed by atoms with Gasteiger partial charge in [0.05, 0.1) is 5.56 Å². The molecule has 0 heterocycles. The van der Waals surface area contributed by atoms with Gasteiger partial charge in [-0.2, -0.15) is 0 Å². The Morgan fingerprint density at radius 1 is 0.870 bits per heavy atom. The van der Waals surface area contributed by atoms with Crippen molar-refractivity contribution in [3.63, 3.8) is 0 Å². The Balaban J connectivity index is 1.84. The standard InChI is InChI=1S/C19H13ClO3/c20-14-8-6-13(7-9-14)19(22)17-11-10-16(12-18(17)21)23-15-4-2-1-3-5-15/h1-12,21H. The lowest BCUT2D eigenvalue weighted by molar-refractivity contribution is 0.103. The average Bonchev–Trinajstić information content (AvgIpc) is 2.56. The topological polar surface area (TPSA) is 46.5 Å². The number of ketones is 1. The van der Waals surface area contributed by atoms with E-state index in [4.69, 9.17) is 16.3 Å². The van der Waals surface area contributed by atoms with Gasteiger partial charge >= 0.3 is 0 Å². The zero-order valence-electron chi connectivity index (χ0n) is 12.1. The van der Waals surface area contributed by atoms with Crippen molar-refractivity contribution in [2.45, 2.75) is 0 Å². The highest BCUT2D eigenvalue weighted by Crippen LogP contribution is 2.29. The minimum absolute atomic E-state index is 0.126. The number of carbonyl (C=O) groups is 1. The summed E-state index contributed by atoms with van der Waals surface area (Å²) >= 11 is 5.81. The zero-order valence-corrected chi connectivity index (χ0v) is 12.8. The number of aromatic hydroxyl groups is 1. The largest absolute Gasteiger partial charge is 0.507 e. The summed E-state index contributed by atoms with van der Waals surface area (Å²) in [4.78, 5) is 12.4. The lowest BCUT2D eigenvalue weighted by atomic mass is 10.0. The zero-order chi connectivity index (χ0) is 16.2. The first kappa shape index (κ1) is 15.1. The van der Waals surface area contributed by atoms with Crippen LogP contribution in [-0.4, -0.2) is 10.9 Å². The Bertz CT molecular complexity index is 827. The molecule has 114 valence electrons. The monoisotopic (exact) mass is 324 g/mol. The van der Waals surface area contributed by atoms with Gasteiger partial charge < -0.3 is 9.84 Å². The van der Waals surface area contributed by atoms with Gasteiger partial charge in [-0.3, -0.25) is 4.79 Å². The molecular formula is C19H13ClO3. The smallest absolute Gasteiger partial charge is 0.196 e. The fourth-order valence-corrected chi connectivity index (χ4v) is 2.27. The molecule has 1 N–H and O–H groups in total. The Kier molecular flexibility index (Phi) is 4.31. The molecule has 0 aromatic heterocycles. The quantitative estimate of drug-likeness (QED) is 0.682. The highest BCUT2D eigenvalue weighted by Gasteiger charge is 2.14. The minimum atomic E-state index is -0.273. The number of hydrogen-bond acceptors (Lipinski definition) is 3. The molecule has 0 fully saturated rings. The predicted molar refractivity (Wildman–Crippen MR) is 89.5 cm³/mol. The minimum Gasteiger partial charge on any atom is -0.507 e. The molecule has 0 amide bonds. The van der Waals surface area contributed by atoms with E-state index in [9.17, 15) is 9.90 Å². The second-order valence-corrected chi connectivity index (χ2v) is 5.37. The fraction of sp³-hybridized carbons (Fsp3) is 0. The lowest BCUT2D eigenvalue weighted by Crippen LogP contribution is -2.01. The highest BCUT2D eigenvalue weighted by atomic mass is 35.5. The average molecular weight is 325 g/mol. The number of benzene rings is 3. The van der Waals surface area contributed by atoms with Crippen LogP contribution in [0.15, 0.2) is 72.8 Å². The first-order chi connectivity index (χ1) is 11.1.